The maximum Gasteiger partial charge on any atom is 0.315 e. The molecule has 1 aliphatic heterocycles. The van der Waals surface area contributed by atoms with E-state index in [4.69, 9.17) is 4.74 Å². The Morgan fingerprint density at radius 1 is 1.48 bits per heavy atom. The summed E-state index contributed by atoms with van der Waals surface area (Å²) < 4.78 is 4.91. The Bertz CT molecular complexity index is 823. The second kappa shape index (κ2) is 6.44. The largest absolute Gasteiger partial charge is 0.468 e. The lowest BCUT2D eigenvalue weighted by molar-refractivity contribution is -0.385. The van der Waals surface area contributed by atoms with Gasteiger partial charge in [-0.25, -0.2) is 0 Å². The first-order chi connectivity index (χ1) is 11.8. The summed E-state index contributed by atoms with van der Waals surface area (Å²) in [6.07, 6.45) is 1.83. The first kappa shape index (κ1) is 17.3. The fourth-order valence-electron chi connectivity index (χ4n) is 3.54. The predicted molar refractivity (Wildman–Crippen MR) is 92.1 cm³/mol. The smallest absolute Gasteiger partial charge is 0.315 e. The van der Waals surface area contributed by atoms with E-state index in [1.807, 2.05) is 0 Å². The van der Waals surface area contributed by atoms with E-state index >= 15 is 0 Å². The summed E-state index contributed by atoms with van der Waals surface area (Å²) in [5.41, 5.74) is 1.75. The van der Waals surface area contributed by atoms with Gasteiger partial charge < -0.3 is 10.1 Å². The molecule has 8 heteroatoms. The van der Waals surface area contributed by atoms with Crippen molar-refractivity contribution in [3.8, 4) is 0 Å². The summed E-state index contributed by atoms with van der Waals surface area (Å²) in [6.45, 7) is 5.59. The Hall–Kier alpha value is -2.48. The number of nitrogens with zero attached hydrogens (tertiary/aromatic N) is 1. The number of esters is 1. The van der Waals surface area contributed by atoms with E-state index in [0.29, 0.717) is 33.9 Å². The Balaban J connectivity index is 2.19. The lowest BCUT2D eigenvalue weighted by Gasteiger charge is -2.37. The molecular formula is C17H18N2O5S. The number of hydrogen-bond donors (Lipinski definition) is 1. The van der Waals surface area contributed by atoms with Crippen LogP contribution in [0.2, 0.25) is 0 Å². The van der Waals surface area contributed by atoms with Gasteiger partial charge in [0.25, 0.3) is 5.69 Å². The summed E-state index contributed by atoms with van der Waals surface area (Å²) >= 11 is 1.24. The van der Waals surface area contributed by atoms with Crippen molar-refractivity contribution in [1.29, 1.82) is 0 Å². The molecule has 0 saturated carbocycles. The Kier molecular flexibility index (Phi) is 4.47. The molecule has 0 spiro atoms. The number of aryl methyl sites for hydroxylation is 1. The number of ether oxygens (including phenoxy) is 1. The van der Waals surface area contributed by atoms with E-state index in [2.05, 4.69) is 11.9 Å². The van der Waals surface area contributed by atoms with Crippen molar-refractivity contribution in [3.63, 3.8) is 0 Å². The molecule has 2 unspecified atom stereocenters. The molecule has 25 heavy (non-hydrogen) atoms. The van der Waals surface area contributed by atoms with Crippen LogP contribution in [0.1, 0.15) is 34.9 Å². The van der Waals surface area contributed by atoms with Crippen molar-refractivity contribution in [3.05, 3.63) is 49.5 Å². The molecule has 2 heterocycles. The van der Waals surface area contributed by atoms with E-state index in [1.165, 1.54) is 24.5 Å². The number of carbonyl (C=O) groups is 2. The van der Waals surface area contributed by atoms with Gasteiger partial charge in [0.05, 0.1) is 16.9 Å². The number of nitrogens with one attached hydrogen (secondary N) is 1. The molecule has 2 atom stereocenters. The predicted octanol–water partition coefficient (Wildman–Crippen LogP) is 2.96. The second-order valence-corrected chi connectivity index (χ2v) is 7.43. The summed E-state index contributed by atoms with van der Waals surface area (Å²) in [4.78, 5) is 36.9. The number of Topliss-reactive ketones (excluding diaryl/α,β-unsaturated/α-hetero) is 1. The van der Waals surface area contributed by atoms with Crippen LogP contribution in [0.4, 0.5) is 5.69 Å². The molecule has 0 bridgehead atoms. The number of nitro groups is 1. The zero-order valence-corrected chi connectivity index (χ0v) is 14.8. The van der Waals surface area contributed by atoms with Crippen molar-refractivity contribution in [1.82, 2.24) is 5.32 Å². The van der Waals surface area contributed by atoms with Crippen LogP contribution in [0, 0.1) is 23.0 Å². The SMILES string of the molecule is C=C1NC2=C(C(=O)CCC2)C(c2cc([N+](=O)[O-])c(C)s2)C1C(=O)OC. The quantitative estimate of drug-likeness (QED) is 0.504. The van der Waals surface area contributed by atoms with Gasteiger partial charge in [-0.15, -0.1) is 11.3 Å². The summed E-state index contributed by atoms with van der Waals surface area (Å²) in [5, 5.41) is 14.3. The van der Waals surface area contributed by atoms with Crippen LogP contribution in [0.15, 0.2) is 29.6 Å². The molecule has 0 saturated heterocycles. The topological polar surface area (TPSA) is 98.5 Å². The highest BCUT2D eigenvalue weighted by Crippen LogP contribution is 2.47. The number of thiophene rings is 1. The molecule has 1 aromatic rings. The lowest BCUT2D eigenvalue weighted by atomic mass is 9.74. The third-order valence-electron chi connectivity index (χ3n) is 4.66. The average molecular weight is 362 g/mol. The van der Waals surface area contributed by atoms with Gasteiger partial charge in [0.15, 0.2) is 5.78 Å². The zero-order valence-electron chi connectivity index (χ0n) is 14.0. The van der Waals surface area contributed by atoms with Crippen LogP contribution in [0.3, 0.4) is 0 Å². The molecule has 0 fully saturated rings. The van der Waals surface area contributed by atoms with Gasteiger partial charge in [-0.2, -0.15) is 0 Å². The average Bonchev–Trinajstić information content (AvgIpc) is 2.95. The van der Waals surface area contributed by atoms with Crippen molar-refractivity contribution < 1.29 is 19.2 Å². The van der Waals surface area contributed by atoms with E-state index < -0.39 is 22.7 Å². The first-order valence-corrected chi connectivity index (χ1v) is 8.71. The van der Waals surface area contributed by atoms with Gasteiger partial charge in [-0.05, 0) is 19.8 Å². The maximum absolute atomic E-state index is 12.6. The second-order valence-electron chi connectivity index (χ2n) is 6.15. The molecule has 0 aromatic carbocycles. The monoisotopic (exact) mass is 362 g/mol. The van der Waals surface area contributed by atoms with Crippen molar-refractivity contribution in [2.75, 3.05) is 7.11 Å². The maximum atomic E-state index is 12.6. The number of allylic oxidation sites excluding steroid dienone is 2. The minimum Gasteiger partial charge on any atom is -0.468 e. The molecule has 3 rings (SSSR count). The van der Waals surface area contributed by atoms with E-state index in [0.717, 1.165) is 12.1 Å². The van der Waals surface area contributed by atoms with Crippen LogP contribution >= 0.6 is 11.3 Å². The van der Waals surface area contributed by atoms with E-state index in [9.17, 15) is 19.7 Å². The van der Waals surface area contributed by atoms with Gasteiger partial charge in [-0.1, -0.05) is 6.58 Å². The van der Waals surface area contributed by atoms with Crippen molar-refractivity contribution >= 4 is 28.8 Å². The highest BCUT2D eigenvalue weighted by atomic mass is 32.1. The highest BCUT2D eigenvalue weighted by molar-refractivity contribution is 7.12. The zero-order chi connectivity index (χ0) is 18.3. The van der Waals surface area contributed by atoms with Crippen LogP contribution in [-0.2, 0) is 14.3 Å². The first-order valence-electron chi connectivity index (χ1n) is 7.89. The fraction of sp³-hybridized carbons (Fsp3) is 0.412. The third-order valence-corrected chi connectivity index (χ3v) is 5.78. The Labute approximate surface area is 148 Å². The number of methoxy groups -OCH3 is 1. The van der Waals surface area contributed by atoms with Gasteiger partial charge in [0.1, 0.15) is 5.92 Å². The number of rotatable bonds is 3. The van der Waals surface area contributed by atoms with Crippen molar-refractivity contribution in [2.45, 2.75) is 32.1 Å². The molecule has 1 aliphatic carbocycles. The van der Waals surface area contributed by atoms with E-state index in [-0.39, 0.29) is 11.5 Å². The standard InChI is InChI=1S/C17H18N2O5S/c1-8-14(17(21)24-3)16(13-7-11(19(22)23)9(2)25-13)15-10(18-8)5-4-6-12(15)20/h7,14,16,18H,1,4-6H2,2-3H3. The molecule has 0 radical (unpaired) electrons. The van der Waals surface area contributed by atoms with E-state index in [1.54, 1.807) is 6.92 Å². The summed E-state index contributed by atoms with van der Waals surface area (Å²) in [7, 11) is 1.28. The molecular weight excluding hydrogens is 344 g/mol. The van der Waals surface area contributed by atoms with Gasteiger partial charge >= 0.3 is 5.97 Å². The van der Waals surface area contributed by atoms with Crippen molar-refractivity contribution in [2.24, 2.45) is 5.92 Å². The molecule has 1 N–H and O–H groups in total. The summed E-state index contributed by atoms with van der Waals surface area (Å²) in [6, 6.07) is 1.46. The molecule has 132 valence electrons. The molecule has 7 nitrogen and oxygen atoms in total. The lowest BCUT2D eigenvalue weighted by Crippen LogP contribution is -2.40. The van der Waals surface area contributed by atoms with Crippen LogP contribution in [-0.4, -0.2) is 23.8 Å². The Morgan fingerprint density at radius 3 is 2.80 bits per heavy atom. The minimum atomic E-state index is -0.788. The molecule has 0 amide bonds. The third kappa shape index (κ3) is 2.86. The minimum absolute atomic E-state index is 0.00170. The van der Waals surface area contributed by atoms with Crippen LogP contribution < -0.4 is 5.32 Å². The van der Waals surface area contributed by atoms with Gasteiger partial charge in [0.2, 0.25) is 0 Å². The summed E-state index contributed by atoms with van der Waals surface area (Å²) in [5.74, 6) is -1.93. The van der Waals surface area contributed by atoms with Gasteiger partial charge in [0, 0.05) is 40.2 Å². The number of carbonyl (C=O) groups excluding carboxylic acids is 2. The van der Waals surface area contributed by atoms with Gasteiger partial charge in [-0.3, -0.25) is 19.7 Å². The molecule has 1 aromatic heterocycles. The fourth-order valence-corrected chi connectivity index (χ4v) is 4.68. The molecule has 2 aliphatic rings. The highest BCUT2D eigenvalue weighted by Gasteiger charge is 2.45. The Morgan fingerprint density at radius 2 is 2.20 bits per heavy atom. The number of hydrogen-bond acceptors (Lipinski definition) is 7. The normalized spacial score (nSPS) is 23.1. The van der Waals surface area contributed by atoms with Crippen LogP contribution in [0.25, 0.3) is 0 Å². The van der Waals surface area contributed by atoms with Crippen LogP contribution in [0.5, 0.6) is 0 Å². The number of ketones is 1.